The second-order valence-electron chi connectivity index (χ2n) is 7.03. The maximum Gasteiger partial charge on any atom is 0.336 e. The van der Waals surface area contributed by atoms with Crippen molar-refractivity contribution in [2.45, 2.75) is 33.7 Å². The summed E-state index contributed by atoms with van der Waals surface area (Å²) in [4.78, 5) is 11.3. The van der Waals surface area contributed by atoms with Gasteiger partial charge in [0.25, 0.3) is 0 Å². The van der Waals surface area contributed by atoms with E-state index in [2.05, 4.69) is 33.0 Å². The number of benzene rings is 2. The Hall–Kier alpha value is -2.03. The number of aromatic carboxylic acids is 1. The number of rotatable bonds is 3. The molecule has 0 amide bonds. The van der Waals surface area contributed by atoms with Crippen molar-refractivity contribution in [1.29, 1.82) is 0 Å². The number of hydrogen-bond donors (Lipinski definition) is 2. The van der Waals surface area contributed by atoms with Crippen molar-refractivity contribution in [2.24, 2.45) is 10.8 Å². The Labute approximate surface area is 125 Å². The standard InChI is InChI=1S/C18H21NO2/c1-17(2)16(18(17,3)4)19-14-10-9-13(15(20)21)11-7-5-6-8-12(11)14/h5-10,16,19H,1-4H3,(H,20,21). The third kappa shape index (κ3) is 1.91. The molecule has 3 nitrogen and oxygen atoms in total. The van der Waals surface area contributed by atoms with E-state index >= 15 is 0 Å². The van der Waals surface area contributed by atoms with Crippen LogP contribution in [0.4, 0.5) is 5.69 Å². The third-order valence-corrected chi connectivity index (χ3v) is 5.48. The van der Waals surface area contributed by atoms with E-state index in [1.54, 1.807) is 6.07 Å². The van der Waals surface area contributed by atoms with Gasteiger partial charge in [-0.1, -0.05) is 52.0 Å². The first-order valence-electron chi connectivity index (χ1n) is 7.28. The molecule has 0 radical (unpaired) electrons. The van der Waals surface area contributed by atoms with Gasteiger partial charge in [0.05, 0.1) is 5.56 Å². The smallest absolute Gasteiger partial charge is 0.336 e. The van der Waals surface area contributed by atoms with Crippen LogP contribution in [0.3, 0.4) is 0 Å². The van der Waals surface area contributed by atoms with Gasteiger partial charge in [-0.3, -0.25) is 0 Å². The molecule has 110 valence electrons. The molecule has 0 unspecified atom stereocenters. The molecule has 1 aliphatic rings. The number of carboxylic acid groups (broad SMARTS) is 1. The van der Waals surface area contributed by atoms with Crippen LogP contribution < -0.4 is 5.32 Å². The van der Waals surface area contributed by atoms with Gasteiger partial charge in [0.2, 0.25) is 0 Å². The van der Waals surface area contributed by atoms with Gasteiger partial charge in [-0.15, -0.1) is 0 Å². The summed E-state index contributed by atoms with van der Waals surface area (Å²) in [6.07, 6.45) is 0. The van der Waals surface area contributed by atoms with Crippen LogP contribution in [0.2, 0.25) is 0 Å². The highest BCUT2D eigenvalue weighted by molar-refractivity contribution is 6.07. The molecule has 2 aromatic rings. The minimum atomic E-state index is -0.884. The quantitative estimate of drug-likeness (QED) is 0.878. The van der Waals surface area contributed by atoms with Crippen molar-refractivity contribution < 1.29 is 9.90 Å². The summed E-state index contributed by atoms with van der Waals surface area (Å²) in [5, 5.41) is 14.7. The molecule has 0 atom stereocenters. The predicted octanol–water partition coefficient (Wildman–Crippen LogP) is 4.38. The summed E-state index contributed by atoms with van der Waals surface area (Å²) >= 11 is 0. The van der Waals surface area contributed by atoms with E-state index in [9.17, 15) is 9.90 Å². The van der Waals surface area contributed by atoms with Gasteiger partial charge in [0.15, 0.2) is 0 Å². The van der Waals surface area contributed by atoms with Crippen molar-refractivity contribution in [2.75, 3.05) is 5.32 Å². The molecule has 21 heavy (non-hydrogen) atoms. The summed E-state index contributed by atoms with van der Waals surface area (Å²) in [7, 11) is 0. The normalized spacial score (nSPS) is 19.4. The molecule has 0 aromatic heterocycles. The van der Waals surface area contributed by atoms with Gasteiger partial charge in [0, 0.05) is 17.1 Å². The van der Waals surface area contributed by atoms with E-state index in [0.29, 0.717) is 11.6 Å². The van der Waals surface area contributed by atoms with Crippen LogP contribution in [0, 0.1) is 10.8 Å². The van der Waals surface area contributed by atoms with E-state index in [1.165, 1.54) is 0 Å². The molecule has 3 rings (SSSR count). The first-order valence-corrected chi connectivity index (χ1v) is 7.28. The van der Waals surface area contributed by atoms with Crippen LogP contribution in [0.25, 0.3) is 10.8 Å². The second kappa shape index (κ2) is 4.23. The summed E-state index contributed by atoms with van der Waals surface area (Å²) in [6.45, 7) is 9.05. The average molecular weight is 283 g/mol. The van der Waals surface area contributed by atoms with Gasteiger partial charge < -0.3 is 10.4 Å². The van der Waals surface area contributed by atoms with Crippen molar-refractivity contribution in [3.8, 4) is 0 Å². The molecule has 2 aromatic carbocycles. The molecule has 0 saturated heterocycles. The Balaban J connectivity index is 2.06. The summed E-state index contributed by atoms with van der Waals surface area (Å²) < 4.78 is 0. The molecule has 0 aliphatic heterocycles. The Morgan fingerprint density at radius 1 is 1.00 bits per heavy atom. The Morgan fingerprint density at radius 3 is 2.10 bits per heavy atom. The van der Waals surface area contributed by atoms with Crippen molar-refractivity contribution >= 4 is 22.4 Å². The zero-order chi connectivity index (χ0) is 15.4. The lowest BCUT2D eigenvalue weighted by atomic mass is 10.0. The van der Waals surface area contributed by atoms with Gasteiger partial charge in [-0.25, -0.2) is 4.79 Å². The molecule has 2 N–H and O–H groups in total. The molecule has 0 spiro atoms. The molecular formula is C18H21NO2. The highest BCUT2D eigenvalue weighted by Crippen LogP contribution is 2.63. The lowest BCUT2D eigenvalue weighted by Gasteiger charge is -2.13. The lowest BCUT2D eigenvalue weighted by Crippen LogP contribution is -2.11. The first kappa shape index (κ1) is 13.9. The SMILES string of the molecule is CC1(C)C(Nc2ccc(C(=O)O)c3ccccc23)C1(C)C. The maximum absolute atomic E-state index is 11.3. The van der Waals surface area contributed by atoms with Crippen LogP contribution in [0.15, 0.2) is 36.4 Å². The number of hydrogen-bond acceptors (Lipinski definition) is 2. The van der Waals surface area contributed by atoms with Crippen LogP contribution in [-0.2, 0) is 0 Å². The van der Waals surface area contributed by atoms with Gasteiger partial charge >= 0.3 is 5.97 Å². The fourth-order valence-electron chi connectivity index (χ4n) is 3.32. The van der Waals surface area contributed by atoms with Crippen molar-refractivity contribution in [1.82, 2.24) is 0 Å². The van der Waals surface area contributed by atoms with Crippen LogP contribution in [0.1, 0.15) is 38.1 Å². The topological polar surface area (TPSA) is 49.3 Å². The monoisotopic (exact) mass is 283 g/mol. The minimum Gasteiger partial charge on any atom is -0.478 e. The van der Waals surface area contributed by atoms with Crippen LogP contribution >= 0.6 is 0 Å². The van der Waals surface area contributed by atoms with Gasteiger partial charge in [0.1, 0.15) is 0 Å². The number of nitrogens with one attached hydrogen (secondary N) is 1. The van der Waals surface area contributed by atoms with Crippen molar-refractivity contribution in [3.05, 3.63) is 42.0 Å². The fraction of sp³-hybridized carbons (Fsp3) is 0.389. The van der Waals surface area contributed by atoms with E-state index < -0.39 is 5.97 Å². The average Bonchev–Trinajstić information content (AvgIpc) is 2.81. The molecule has 1 fully saturated rings. The maximum atomic E-state index is 11.3. The van der Waals surface area contributed by atoms with Crippen LogP contribution in [0.5, 0.6) is 0 Å². The molecule has 0 heterocycles. The van der Waals surface area contributed by atoms with Crippen molar-refractivity contribution in [3.63, 3.8) is 0 Å². The Kier molecular flexibility index (Phi) is 2.81. The summed E-state index contributed by atoms with van der Waals surface area (Å²) in [6, 6.07) is 11.6. The van der Waals surface area contributed by atoms with E-state index in [0.717, 1.165) is 16.5 Å². The summed E-state index contributed by atoms with van der Waals surface area (Å²) in [5.74, 6) is -0.884. The number of carboxylic acids is 1. The molecule has 1 aliphatic carbocycles. The van der Waals surface area contributed by atoms with Gasteiger partial charge in [-0.2, -0.15) is 0 Å². The predicted molar refractivity (Wildman–Crippen MR) is 85.9 cm³/mol. The number of fused-ring (bicyclic) bond motifs is 1. The first-order chi connectivity index (χ1) is 9.76. The Bertz CT molecular complexity index is 717. The Morgan fingerprint density at radius 2 is 1.57 bits per heavy atom. The lowest BCUT2D eigenvalue weighted by molar-refractivity contribution is 0.0699. The van der Waals surface area contributed by atoms with E-state index in [4.69, 9.17) is 0 Å². The third-order valence-electron chi connectivity index (χ3n) is 5.48. The number of carbonyl (C=O) groups is 1. The minimum absolute atomic E-state index is 0.236. The zero-order valence-electron chi connectivity index (χ0n) is 12.9. The number of anilines is 1. The van der Waals surface area contributed by atoms with Gasteiger partial charge in [-0.05, 0) is 28.3 Å². The van der Waals surface area contributed by atoms with Crippen LogP contribution in [-0.4, -0.2) is 17.1 Å². The second-order valence-corrected chi connectivity index (χ2v) is 7.03. The van der Waals surface area contributed by atoms with E-state index in [1.807, 2.05) is 30.3 Å². The molecule has 1 saturated carbocycles. The highest BCUT2D eigenvalue weighted by Gasteiger charge is 2.64. The molecule has 0 bridgehead atoms. The molecular weight excluding hydrogens is 262 g/mol. The molecule has 3 heteroatoms. The highest BCUT2D eigenvalue weighted by atomic mass is 16.4. The van der Waals surface area contributed by atoms with E-state index in [-0.39, 0.29) is 10.8 Å². The fourth-order valence-corrected chi connectivity index (χ4v) is 3.32. The largest absolute Gasteiger partial charge is 0.478 e. The summed E-state index contributed by atoms with van der Waals surface area (Å²) in [5.41, 5.74) is 1.84. The zero-order valence-corrected chi connectivity index (χ0v) is 12.9.